The van der Waals surface area contributed by atoms with Gasteiger partial charge in [-0.3, -0.25) is 9.59 Å². The lowest BCUT2D eigenvalue weighted by molar-refractivity contribution is -0.135. The fraction of sp³-hybridized carbons (Fsp3) is 0.467. The maximum Gasteiger partial charge on any atom is 0.264 e. The Hall–Kier alpha value is -2.57. The second-order valence-electron chi connectivity index (χ2n) is 10.4. The van der Waals surface area contributed by atoms with Crippen molar-refractivity contribution in [3.8, 4) is 0 Å². The summed E-state index contributed by atoms with van der Waals surface area (Å²) in [6, 6.07) is 16.0. The average molecular weight is 540 g/mol. The molecule has 0 bridgehead atoms. The van der Waals surface area contributed by atoms with Crippen LogP contribution in [0, 0.1) is 5.92 Å². The van der Waals surface area contributed by atoms with Crippen molar-refractivity contribution in [3.63, 3.8) is 0 Å². The van der Waals surface area contributed by atoms with Gasteiger partial charge in [-0.2, -0.15) is 0 Å². The molecule has 0 atom stereocenters. The number of hydrogen-bond donors (Lipinski definition) is 0. The third-order valence-corrected chi connectivity index (χ3v) is 8.44. The largest absolute Gasteiger partial charge is 0.345 e. The van der Waals surface area contributed by atoms with E-state index in [-0.39, 0.29) is 24.4 Å². The summed E-state index contributed by atoms with van der Waals surface area (Å²) < 4.78 is 2.18. The van der Waals surface area contributed by atoms with Crippen LogP contribution in [0.5, 0.6) is 0 Å². The normalized spacial score (nSPS) is 14.2. The Labute approximate surface area is 230 Å². The van der Waals surface area contributed by atoms with Gasteiger partial charge in [-0.15, -0.1) is 11.3 Å². The molecule has 2 aromatic heterocycles. The quantitative estimate of drug-likeness (QED) is 0.261. The summed E-state index contributed by atoms with van der Waals surface area (Å²) in [7, 11) is 0. The number of rotatable bonds is 11. The Bertz CT molecular complexity index is 1150. The van der Waals surface area contributed by atoms with Gasteiger partial charge in [0.25, 0.3) is 5.91 Å². The van der Waals surface area contributed by atoms with Gasteiger partial charge in [-0.25, -0.2) is 0 Å². The Balaban J connectivity index is 1.54. The second-order valence-corrected chi connectivity index (χ2v) is 11.8. The molecule has 1 saturated carbocycles. The first kappa shape index (κ1) is 27.5. The number of aromatic nitrogens is 1. The standard InChI is InChI=1S/C30H38ClN3O2S/c1-23(2)16-18-33(30(36)28-15-9-19-37-28)22-29(35)34(25-11-4-3-5-12-25)21-26-13-8-17-32(26)20-24-10-6-7-14-27(24)31/h6-10,13-15,17,19,23,25H,3-5,11-12,16,18,20-22H2,1-2H3. The summed E-state index contributed by atoms with van der Waals surface area (Å²) in [6.45, 7) is 6.19. The highest BCUT2D eigenvalue weighted by Gasteiger charge is 2.29. The summed E-state index contributed by atoms with van der Waals surface area (Å²) in [5.41, 5.74) is 2.13. The molecular formula is C30H38ClN3O2S. The second kappa shape index (κ2) is 13.3. The highest BCUT2D eigenvalue weighted by Crippen LogP contribution is 2.26. The van der Waals surface area contributed by atoms with Crippen molar-refractivity contribution in [2.45, 2.75) is 71.5 Å². The molecule has 0 N–H and O–H groups in total. The van der Waals surface area contributed by atoms with Crippen molar-refractivity contribution in [2.24, 2.45) is 5.92 Å². The first-order valence-corrected chi connectivity index (χ1v) is 14.7. The van der Waals surface area contributed by atoms with Gasteiger partial charge in [0.1, 0.15) is 6.54 Å². The number of thiophene rings is 1. The fourth-order valence-electron chi connectivity index (χ4n) is 5.02. The molecule has 7 heteroatoms. The summed E-state index contributed by atoms with van der Waals surface area (Å²) in [4.78, 5) is 31.7. The third kappa shape index (κ3) is 7.48. The van der Waals surface area contributed by atoms with Crippen molar-refractivity contribution in [2.75, 3.05) is 13.1 Å². The first-order chi connectivity index (χ1) is 17.9. The van der Waals surface area contributed by atoms with E-state index in [1.54, 1.807) is 4.90 Å². The molecule has 4 rings (SSSR count). The fourth-order valence-corrected chi connectivity index (χ4v) is 5.91. The van der Waals surface area contributed by atoms with E-state index in [4.69, 9.17) is 11.6 Å². The van der Waals surface area contributed by atoms with Crippen LogP contribution >= 0.6 is 22.9 Å². The van der Waals surface area contributed by atoms with Gasteiger partial charge < -0.3 is 14.4 Å². The molecule has 198 valence electrons. The van der Waals surface area contributed by atoms with Crippen molar-refractivity contribution >= 4 is 34.8 Å². The molecule has 0 unspecified atom stereocenters. The minimum absolute atomic E-state index is 0.0334. The molecule has 0 radical (unpaired) electrons. The summed E-state index contributed by atoms with van der Waals surface area (Å²) in [5, 5.41) is 2.66. The van der Waals surface area contributed by atoms with Crippen molar-refractivity contribution in [1.82, 2.24) is 14.4 Å². The Morgan fingerprint density at radius 3 is 2.54 bits per heavy atom. The molecule has 1 aliphatic carbocycles. The molecule has 1 aliphatic rings. The lowest BCUT2D eigenvalue weighted by Crippen LogP contribution is -2.47. The van der Waals surface area contributed by atoms with Gasteiger partial charge in [0.15, 0.2) is 0 Å². The lowest BCUT2D eigenvalue weighted by atomic mass is 9.94. The zero-order valence-electron chi connectivity index (χ0n) is 21.9. The van der Waals surface area contributed by atoms with E-state index in [1.165, 1.54) is 17.8 Å². The molecule has 0 aliphatic heterocycles. The van der Waals surface area contributed by atoms with Gasteiger partial charge in [0.05, 0.1) is 11.4 Å². The molecule has 1 fully saturated rings. The summed E-state index contributed by atoms with van der Waals surface area (Å²) in [6.07, 6.45) is 8.45. The predicted molar refractivity (Wildman–Crippen MR) is 152 cm³/mol. The number of hydrogen-bond acceptors (Lipinski definition) is 3. The first-order valence-electron chi connectivity index (χ1n) is 13.4. The number of halogens is 1. The molecule has 1 aromatic carbocycles. The third-order valence-electron chi connectivity index (χ3n) is 7.21. The number of amides is 2. The van der Waals surface area contributed by atoms with Gasteiger partial charge in [0.2, 0.25) is 5.91 Å². The van der Waals surface area contributed by atoms with Crippen molar-refractivity contribution in [1.29, 1.82) is 0 Å². The minimum atomic E-state index is -0.0466. The number of carbonyl (C=O) groups excluding carboxylic acids is 2. The van der Waals surface area contributed by atoms with Crippen LogP contribution in [0.4, 0.5) is 0 Å². The molecule has 3 aromatic rings. The maximum atomic E-state index is 13.9. The van der Waals surface area contributed by atoms with Crippen LogP contribution in [0.3, 0.4) is 0 Å². The van der Waals surface area contributed by atoms with Gasteiger partial charge in [-0.1, -0.05) is 69.0 Å². The number of benzene rings is 1. The van der Waals surface area contributed by atoms with Gasteiger partial charge >= 0.3 is 0 Å². The molecule has 37 heavy (non-hydrogen) atoms. The Morgan fingerprint density at radius 1 is 1.05 bits per heavy atom. The highest BCUT2D eigenvalue weighted by atomic mass is 35.5. The van der Waals surface area contributed by atoms with E-state index in [0.717, 1.165) is 48.4 Å². The van der Waals surface area contributed by atoms with E-state index in [9.17, 15) is 9.59 Å². The van der Waals surface area contributed by atoms with Crippen LogP contribution in [0.1, 0.15) is 73.3 Å². The summed E-state index contributed by atoms with van der Waals surface area (Å²) >= 11 is 7.87. The average Bonchev–Trinajstić information content (AvgIpc) is 3.59. The van der Waals surface area contributed by atoms with E-state index < -0.39 is 0 Å². The van der Waals surface area contributed by atoms with Crippen LogP contribution in [-0.4, -0.2) is 45.3 Å². The molecular weight excluding hydrogens is 502 g/mol. The van der Waals surface area contributed by atoms with Crippen LogP contribution in [0.15, 0.2) is 60.1 Å². The number of carbonyl (C=O) groups is 2. The number of nitrogens with zero attached hydrogens (tertiary/aromatic N) is 3. The van der Waals surface area contributed by atoms with E-state index in [2.05, 4.69) is 30.7 Å². The van der Waals surface area contributed by atoms with E-state index in [1.807, 2.05) is 52.7 Å². The SMILES string of the molecule is CC(C)CCN(CC(=O)N(Cc1cccn1Cc1ccccc1Cl)C1CCCCC1)C(=O)c1cccs1. The van der Waals surface area contributed by atoms with E-state index in [0.29, 0.717) is 30.4 Å². The Morgan fingerprint density at radius 2 is 1.84 bits per heavy atom. The van der Waals surface area contributed by atoms with Crippen molar-refractivity contribution < 1.29 is 9.59 Å². The zero-order valence-corrected chi connectivity index (χ0v) is 23.5. The predicted octanol–water partition coefficient (Wildman–Crippen LogP) is 7.10. The topological polar surface area (TPSA) is 45.6 Å². The lowest BCUT2D eigenvalue weighted by Gasteiger charge is -2.36. The van der Waals surface area contributed by atoms with Crippen LogP contribution in [0.25, 0.3) is 0 Å². The highest BCUT2D eigenvalue weighted by molar-refractivity contribution is 7.12. The van der Waals surface area contributed by atoms with Gasteiger partial charge in [-0.05, 0) is 60.4 Å². The van der Waals surface area contributed by atoms with Crippen LogP contribution < -0.4 is 0 Å². The van der Waals surface area contributed by atoms with Gasteiger partial charge in [0, 0.05) is 36.0 Å². The molecule has 0 saturated heterocycles. The zero-order chi connectivity index (χ0) is 26.2. The minimum Gasteiger partial charge on any atom is -0.345 e. The molecule has 5 nitrogen and oxygen atoms in total. The van der Waals surface area contributed by atoms with Crippen molar-refractivity contribution in [3.05, 3.63) is 81.3 Å². The molecule has 0 spiro atoms. The van der Waals surface area contributed by atoms with Crippen LogP contribution in [0.2, 0.25) is 5.02 Å². The monoisotopic (exact) mass is 539 g/mol. The maximum absolute atomic E-state index is 13.9. The Kier molecular flexibility index (Phi) is 9.87. The van der Waals surface area contributed by atoms with Crippen LogP contribution in [-0.2, 0) is 17.9 Å². The molecule has 2 heterocycles. The molecule has 2 amide bonds. The van der Waals surface area contributed by atoms with E-state index >= 15 is 0 Å². The summed E-state index contributed by atoms with van der Waals surface area (Å²) in [5.74, 6) is 0.442. The smallest absolute Gasteiger partial charge is 0.264 e.